The highest BCUT2D eigenvalue weighted by atomic mass is 16.5. The molecule has 7 heteroatoms. The minimum atomic E-state index is -0.476. The highest BCUT2D eigenvalue weighted by molar-refractivity contribution is 5.83. The number of likely N-dealkylation sites (tertiary alicyclic amines) is 1. The fraction of sp³-hybridized carbons (Fsp3) is 0.450. The van der Waals surface area contributed by atoms with Gasteiger partial charge in [0.05, 0.1) is 13.2 Å². The number of fused-ring (bicyclic) bond motifs is 1. The van der Waals surface area contributed by atoms with Crippen LogP contribution in [0.5, 0.6) is 0 Å². The van der Waals surface area contributed by atoms with E-state index >= 15 is 0 Å². The first kappa shape index (κ1) is 17.9. The molecule has 1 fully saturated rings. The zero-order valence-electron chi connectivity index (χ0n) is 15.5. The van der Waals surface area contributed by atoms with Crippen LogP contribution in [-0.4, -0.2) is 58.5 Å². The van der Waals surface area contributed by atoms with Gasteiger partial charge in [0, 0.05) is 25.3 Å². The molecule has 1 aromatic carbocycles. The van der Waals surface area contributed by atoms with Crippen molar-refractivity contribution in [3.8, 4) is 0 Å². The first-order chi connectivity index (χ1) is 13.1. The van der Waals surface area contributed by atoms with Crippen LogP contribution in [0.4, 0.5) is 5.82 Å². The number of rotatable bonds is 4. The van der Waals surface area contributed by atoms with E-state index in [2.05, 4.69) is 20.9 Å². The van der Waals surface area contributed by atoms with Crippen LogP contribution in [-0.2, 0) is 22.5 Å². The van der Waals surface area contributed by atoms with E-state index in [1.807, 2.05) is 30.1 Å². The average molecular weight is 367 g/mol. The maximum absolute atomic E-state index is 13.1. The summed E-state index contributed by atoms with van der Waals surface area (Å²) in [5, 5.41) is 0. The molecule has 2 atom stereocenters. The summed E-state index contributed by atoms with van der Waals surface area (Å²) in [7, 11) is 2.04. The second-order valence-electron chi connectivity index (χ2n) is 7.24. The molecule has 1 saturated heterocycles. The first-order valence-corrected chi connectivity index (χ1v) is 9.37. The third kappa shape index (κ3) is 3.79. The number of anilines is 1. The number of benzene rings is 1. The van der Waals surface area contributed by atoms with E-state index in [9.17, 15) is 4.79 Å². The molecule has 3 heterocycles. The number of ether oxygens (including phenoxy) is 1. The predicted molar refractivity (Wildman–Crippen MR) is 102 cm³/mol. The molecule has 2 aliphatic heterocycles. The lowest BCUT2D eigenvalue weighted by Crippen LogP contribution is -2.39. The number of nitrogen functional groups attached to an aromatic ring is 1. The fourth-order valence-electron chi connectivity index (χ4n) is 3.91. The second-order valence-corrected chi connectivity index (χ2v) is 7.24. The molecule has 0 unspecified atom stereocenters. The Balaban J connectivity index is 1.40. The first-order valence-electron chi connectivity index (χ1n) is 9.37. The molecule has 0 bridgehead atoms. The average Bonchev–Trinajstić information content (AvgIpc) is 3.17. The Bertz CT molecular complexity index is 828. The molecule has 2 N–H and O–H groups in total. The van der Waals surface area contributed by atoms with Crippen LogP contribution in [0.15, 0.2) is 36.5 Å². The van der Waals surface area contributed by atoms with Crippen LogP contribution < -0.4 is 5.73 Å². The molecule has 2 aliphatic rings. The normalized spacial score (nSPS) is 22.1. The van der Waals surface area contributed by atoms with Crippen molar-refractivity contribution in [1.82, 2.24) is 19.8 Å². The lowest BCUT2D eigenvalue weighted by atomic mass is 9.97. The number of amides is 1. The third-order valence-electron chi connectivity index (χ3n) is 5.43. The van der Waals surface area contributed by atoms with Crippen molar-refractivity contribution in [3.05, 3.63) is 53.5 Å². The van der Waals surface area contributed by atoms with E-state index in [1.54, 1.807) is 12.3 Å². The monoisotopic (exact) mass is 367 g/mol. The summed E-state index contributed by atoms with van der Waals surface area (Å²) < 4.78 is 5.84. The van der Waals surface area contributed by atoms with Crippen molar-refractivity contribution in [3.63, 3.8) is 0 Å². The Labute approximate surface area is 159 Å². The number of carbonyl (C=O) groups is 1. The van der Waals surface area contributed by atoms with Crippen molar-refractivity contribution < 1.29 is 9.53 Å². The summed E-state index contributed by atoms with van der Waals surface area (Å²) >= 11 is 0. The van der Waals surface area contributed by atoms with Gasteiger partial charge in [-0.3, -0.25) is 9.69 Å². The second kappa shape index (κ2) is 7.62. The Morgan fingerprint density at radius 1 is 1.37 bits per heavy atom. The van der Waals surface area contributed by atoms with Crippen LogP contribution in [0.1, 0.15) is 29.5 Å². The largest absolute Gasteiger partial charge is 0.384 e. The summed E-state index contributed by atoms with van der Waals surface area (Å²) in [6.45, 7) is 2.64. The van der Waals surface area contributed by atoms with E-state index in [0.29, 0.717) is 31.3 Å². The van der Waals surface area contributed by atoms with Crippen molar-refractivity contribution in [2.75, 3.05) is 32.5 Å². The minimum absolute atomic E-state index is 0.0678. The molecule has 2 aromatic rings. The van der Waals surface area contributed by atoms with Crippen LogP contribution in [0.2, 0.25) is 0 Å². The van der Waals surface area contributed by atoms with Gasteiger partial charge in [0.2, 0.25) is 0 Å². The van der Waals surface area contributed by atoms with Crippen molar-refractivity contribution in [2.45, 2.75) is 31.5 Å². The number of aromatic nitrogens is 2. The van der Waals surface area contributed by atoms with Crippen LogP contribution in [0.3, 0.4) is 0 Å². The minimum Gasteiger partial charge on any atom is -0.384 e. The predicted octanol–water partition coefficient (Wildman–Crippen LogP) is 1.41. The zero-order chi connectivity index (χ0) is 18.8. The summed E-state index contributed by atoms with van der Waals surface area (Å²) in [6, 6.07) is 10.0. The van der Waals surface area contributed by atoms with Gasteiger partial charge < -0.3 is 15.4 Å². The van der Waals surface area contributed by atoms with E-state index in [-0.39, 0.29) is 11.9 Å². The standard InChI is InChI=1S/C20H25N5O2/c1-24(13-18-22-9-6-17(21)23-18)15-7-10-25(12-15)20(26)19-16-5-3-2-4-14(16)8-11-27-19/h2-6,9,15,19H,7-8,10-13H2,1H3,(H2,21,22,23)/t15-,19+/m0/s1. The highest BCUT2D eigenvalue weighted by Crippen LogP contribution is 2.30. The zero-order valence-corrected chi connectivity index (χ0v) is 15.5. The molecule has 142 valence electrons. The molecule has 0 aliphatic carbocycles. The summed E-state index contributed by atoms with van der Waals surface area (Å²) in [5.41, 5.74) is 7.96. The van der Waals surface area contributed by atoms with E-state index < -0.39 is 6.10 Å². The molecule has 4 rings (SSSR count). The SMILES string of the molecule is CN(Cc1nccc(N)n1)[C@H]1CCN(C(=O)[C@@H]2OCCc3ccccc32)C1. The van der Waals surface area contributed by atoms with Crippen molar-refractivity contribution >= 4 is 11.7 Å². The van der Waals surface area contributed by atoms with Gasteiger partial charge in [-0.25, -0.2) is 9.97 Å². The summed E-state index contributed by atoms with van der Waals surface area (Å²) in [4.78, 5) is 25.7. The van der Waals surface area contributed by atoms with E-state index in [4.69, 9.17) is 10.5 Å². The van der Waals surface area contributed by atoms with Gasteiger partial charge in [-0.1, -0.05) is 24.3 Å². The molecular formula is C20H25N5O2. The number of hydrogen-bond donors (Lipinski definition) is 1. The number of carbonyl (C=O) groups excluding carboxylic acids is 1. The molecule has 0 spiro atoms. The number of nitrogens with zero attached hydrogens (tertiary/aromatic N) is 4. The Kier molecular flexibility index (Phi) is 5.05. The number of likely N-dealkylation sites (N-methyl/N-ethyl adjacent to an activating group) is 1. The van der Waals surface area contributed by atoms with Gasteiger partial charge in [-0.05, 0) is 37.1 Å². The molecule has 0 saturated carbocycles. The third-order valence-corrected chi connectivity index (χ3v) is 5.43. The highest BCUT2D eigenvalue weighted by Gasteiger charge is 2.35. The van der Waals surface area contributed by atoms with Gasteiger partial charge in [-0.15, -0.1) is 0 Å². The van der Waals surface area contributed by atoms with Crippen molar-refractivity contribution in [1.29, 1.82) is 0 Å². The maximum Gasteiger partial charge on any atom is 0.256 e. The van der Waals surface area contributed by atoms with Crippen LogP contribution >= 0.6 is 0 Å². The smallest absolute Gasteiger partial charge is 0.256 e. The van der Waals surface area contributed by atoms with Gasteiger partial charge in [-0.2, -0.15) is 0 Å². The van der Waals surface area contributed by atoms with E-state index in [1.165, 1.54) is 5.56 Å². The molecule has 1 aromatic heterocycles. The molecule has 27 heavy (non-hydrogen) atoms. The van der Waals surface area contributed by atoms with Gasteiger partial charge in [0.25, 0.3) is 5.91 Å². The van der Waals surface area contributed by atoms with Crippen LogP contribution in [0, 0.1) is 0 Å². The van der Waals surface area contributed by atoms with E-state index in [0.717, 1.165) is 24.9 Å². The lowest BCUT2D eigenvalue weighted by Gasteiger charge is -2.29. The molecule has 7 nitrogen and oxygen atoms in total. The van der Waals surface area contributed by atoms with Crippen LogP contribution in [0.25, 0.3) is 0 Å². The summed E-state index contributed by atoms with van der Waals surface area (Å²) in [5.74, 6) is 1.25. The Morgan fingerprint density at radius 3 is 3.07 bits per heavy atom. The number of nitrogens with two attached hydrogens (primary N) is 1. The number of hydrogen-bond acceptors (Lipinski definition) is 6. The summed E-state index contributed by atoms with van der Waals surface area (Å²) in [6.07, 6.45) is 2.99. The quantitative estimate of drug-likeness (QED) is 0.879. The fourth-order valence-corrected chi connectivity index (χ4v) is 3.91. The molecular weight excluding hydrogens is 342 g/mol. The Hall–Kier alpha value is -2.51. The topological polar surface area (TPSA) is 84.6 Å². The molecule has 0 radical (unpaired) electrons. The lowest BCUT2D eigenvalue weighted by molar-refractivity contribution is -0.144. The van der Waals surface area contributed by atoms with Crippen molar-refractivity contribution in [2.24, 2.45) is 0 Å². The van der Waals surface area contributed by atoms with Gasteiger partial charge in [0.15, 0.2) is 6.10 Å². The molecule has 1 amide bonds. The Morgan fingerprint density at radius 2 is 2.22 bits per heavy atom. The van der Waals surface area contributed by atoms with Gasteiger partial charge >= 0.3 is 0 Å². The maximum atomic E-state index is 13.1. The van der Waals surface area contributed by atoms with Gasteiger partial charge in [0.1, 0.15) is 11.6 Å².